The third-order valence-electron chi connectivity index (χ3n) is 3.12. The molecule has 0 bridgehead atoms. The van der Waals surface area contributed by atoms with Gasteiger partial charge in [-0.1, -0.05) is 20.3 Å². The van der Waals surface area contributed by atoms with E-state index in [1.807, 2.05) is 6.92 Å². The summed E-state index contributed by atoms with van der Waals surface area (Å²) in [6.07, 6.45) is 1.05. The molecule has 0 radical (unpaired) electrons. The average molecular weight is 299 g/mol. The number of nitrogen functional groups attached to an aromatic ring is 1. The number of nitrogens with one attached hydrogen (secondary N) is 1. The standard InChI is InChI=1S/C13H19BrN2O/c1-4-8(2)9(3)16-13(17)10-5-6-12(15)11(14)7-10/h5-9H,4,15H2,1-3H3,(H,16,17). The molecule has 4 heteroatoms. The first-order chi connectivity index (χ1) is 7.95. The van der Waals surface area contributed by atoms with Gasteiger partial charge in [-0.3, -0.25) is 4.79 Å². The summed E-state index contributed by atoms with van der Waals surface area (Å²) < 4.78 is 0.751. The fourth-order valence-corrected chi connectivity index (χ4v) is 1.83. The molecule has 3 nitrogen and oxygen atoms in total. The molecule has 1 amide bonds. The lowest BCUT2D eigenvalue weighted by molar-refractivity contribution is 0.0928. The lowest BCUT2D eigenvalue weighted by atomic mass is 10.0. The Bertz CT molecular complexity index is 406. The fraction of sp³-hybridized carbons (Fsp3) is 0.462. The molecular weight excluding hydrogens is 280 g/mol. The number of halogens is 1. The Labute approximate surface area is 111 Å². The van der Waals surface area contributed by atoms with Crippen molar-refractivity contribution in [3.05, 3.63) is 28.2 Å². The summed E-state index contributed by atoms with van der Waals surface area (Å²) in [5, 5.41) is 2.99. The van der Waals surface area contributed by atoms with Crippen LogP contribution >= 0.6 is 15.9 Å². The van der Waals surface area contributed by atoms with E-state index >= 15 is 0 Å². The SMILES string of the molecule is CCC(C)C(C)NC(=O)c1ccc(N)c(Br)c1. The maximum absolute atomic E-state index is 12.0. The Hall–Kier alpha value is -1.03. The molecule has 94 valence electrons. The van der Waals surface area contributed by atoms with Crippen molar-refractivity contribution in [1.29, 1.82) is 0 Å². The van der Waals surface area contributed by atoms with E-state index in [4.69, 9.17) is 5.73 Å². The van der Waals surface area contributed by atoms with Crippen LogP contribution in [0.4, 0.5) is 5.69 Å². The summed E-state index contributed by atoms with van der Waals surface area (Å²) in [6, 6.07) is 5.38. The van der Waals surface area contributed by atoms with Crippen LogP contribution in [-0.4, -0.2) is 11.9 Å². The Balaban J connectivity index is 2.73. The number of rotatable bonds is 4. The quantitative estimate of drug-likeness (QED) is 0.839. The Morgan fingerprint density at radius 2 is 2.12 bits per heavy atom. The highest BCUT2D eigenvalue weighted by Crippen LogP contribution is 2.20. The van der Waals surface area contributed by atoms with Crippen molar-refractivity contribution in [3.8, 4) is 0 Å². The predicted octanol–water partition coefficient (Wildman–Crippen LogP) is 3.20. The zero-order chi connectivity index (χ0) is 13.0. The van der Waals surface area contributed by atoms with Crippen molar-refractivity contribution >= 4 is 27.5 Å². The molecule has 0 fully saturated rings. The van der Waals surface area contributed by atoms with Gasteiger partial charge in [0.2, 0.25) is 0 Å². The smallest absolute Gasteiger partial charge is 0.251 e. The highest BCUT2D eigenvalue weighted by Gasteiger charge is 2.14. The summed E-state index contributed by atoms with van der Waals surface area (Å²) in [5.74, 6) is 0.412. The Kier molecular flexibility index (Phi) is 5.00. The highest BCUT2D eigenvalue weighted by atomic mass is 79.9. The van der Waals surface area contributed by atoms with Crippen LogP contribution in [0.5, 0.6) is 0 Å². The topological polar surface area (TPSA) is 55.1 Å². The molecule has 0 aliphatic rings. The van der Waals surface area contributed by atoms with Gasteiger partial charge in [-0.15, -0.1) is 0 Å². The summed E-state index contributed by atoms with van der Waals surface area (Å²) in [4.78, 5) is 12.0. The number of nitrogens with two attached hydrogens (primary N) is 1. The summed E-state index contributed by atoms with van der Waals surface area (Å²) >= 11 is 3.32. The van der Waals surface area contributed by atoms with Crippen molar-refractivity contribution in [2.24, 2.45) is 5.92 Å². The molecular formula is C13H19BrN2O. The maximum atomic E-state index is 12.0. The van der Waals surface area contributed by atoms with Gasteiger partial charge in [0.25, 0.3) is 5.91 Å². The van der Waals surface area contributed by atoms with Crippen LogP contribution in [0.1, 0.15) is 37.6 Å². The van der Waals surface area contributed by atoms with E-state index in [0.717, 1.165) is 10.9 Å². The van der Waals surface area contributed by atoms with Crippen LogP contribution in [0, 0.1) is 5.92 Å². The zero-order valence-corrected chi connectivity index (χ0v) is 12.0. The summed E-state index contributed by atoms with van der Waals surface area (Å²) in [6.45, 7) is 6.27. The van der Waals surface area contributed by atoms with Crippen molar-refractivity contribution in [3.63, 3.8) is 0 Å². The van der Waals surface area contributed by atoms with Crippen molar-refractivity contribution in [2.45, 2.75) is 33.2 Å². The van der Waals surface area contributed by atoms with Crippen LogP contribution in [0.2, 0.25) is 0 Å². The highest BCUT2D eigenvalue weighted by molar-refractivity contribution is 9.10. The fourth-order valence-electron chi connectivity index (χ4n) is 1.45. The van der Waals surface area contributed by atoms with Gasteiger partial charge < -0.3 is 11.1 Å². The first-order valence-corrected chi connectivity index (χ1v) is 6.60. The molecule has 0 aromatic heterocycles. The van der Waals surface area contributed by atoms with Gasteiger partial charge in [0.15, 0.2) is 0 Å². The predicted molar refractivity (Wildman–Crippen MR) is 74.9 cm³/mol. The molecule has 2 atom stereocenters. The second kappa shape index (κ2) is 6.05. The molecule has 2 unspecified atom stereocenters. The molecule has 17 heavy (non-hydrogen) atoms. The lowest BCUT2D eigenvalue weighted by Gasteiger charge is -2.20. The van der Waals surface area contributed by atoms with E-state index in [1.165, 1.54) is 0 Å². The minimum atomic E-state index is -0.0569. The van der Waals surface area contributed by atoms with Gasteiger partial charge in [0, 0.05) is 21.8 Å². The molecule has 0 saturated heterocycles. The average Bonchev–Trinajstić information content (AvgIpc) is 2.31. The minimum absolute atomic E-state index is 0.0569. The molecule has 0 spiro atoms. The van der Waals surface area contributed by atoms with Crippen LogP contribution in [0.15, 0.2) is 22.7 Å². The van der Waals surface area contributed by atoms with E-state index in [1.54, 1.807) is 18.2 Å². The largest absolute Gasteiger partial charge is 0.398 e. The molecule has 1 rings (SSSR count). The zero-order valence-electron chi connectivity index (χ0n) is 10.5. The number of hydrogen-bond acceptors (Lipinski definition) is 2. The van der Waals surface area contributed by atoms with E-state index in [9.17, 15) is 4.79 Å². The van der Waals surface area contributed by atoms with Gasteiger partial charge >= 0.3 is 0 Å². The Morgan fingerprint density at radius 3 is 2.65 bits per heavy atom. The number of benzene rings is 1. The number of amides is 1. The maximum Gasteiger partial charge on any atom is 0.251 e. The van der Waals surface area contributed by atoms with Crippen LogP contribution in [0.3, 0.4) is 0 Å². The van der Waals surface area contributed by atoms with Crippen LogP contribution < -0.4 is 11.1 Å². The number of carbonyl (C=O) groups is 1. The van der Waals surface area contributed by atoms with Gasteiger partial charge in [0.1, 0.15) is 0 Å². The van der Waals surface area contributed by atoms with Crippen molar-refractivity contribution in [2.75, 3.05) is 5.73 Å². The molecule has 1 aromatic carbocycles. The number of anilines is 1. The third kappa shape index (κ3) is 3.73. The van der Waals surface area contributed by atoms with Gasteiger partial charge in [-0.05, 0) is 47.0 Å². The van der Waals surface area contributed by atoms with Gasteiger partial charge in [-0.25, -0.2) is 0 Å². The van der Waals surface area contributed by atoms with Crippen LogP contribution in [-0.2, 0) is 0 Å². The second-order valence-corrected chi connectivity index (χ2v) is 5.24. The van der Waals surface area contributed by atoms with Crippen molar-refractivity contribution in [1.82, 2.24) is 5.32 Å². The van der Waals surface area contributed by atoms with Crippen molar-refractivity contribution < 1.29 is 4.79 Å². The van der Waals surface area contributed by atoms with E-state index in [0.29, 0.717) is 17.2 Å². The molecule has 1 aromatic rings. The monoisotopic (exact) mass is 298 g/mol. The summed E-state index contributed by atoms with van der Waals surface area (Å²) in [7, 11) is 0. The normalized spacial score (nSPS) is 14.1. The first-order valence-electron chi connectivity index (χ1n) is 5.81. The minimum Gasteiger partial charge on any atom is -0.398 e. The first kappa shape index (κ1) is 14.0. The third-order valence-corrected chi connectivity index (χ3v) is 3.81. The molecule has 0 aliphatic heterocycles. The summed E-state index contributed by atoms with van der Waals surface area (Å²) in [5.41, 5.74) is 6.94. The number of carbonyl (C=O) groups excluding carboxylic acids is 1. The van der Waals surface area contributed by atoms with E-state index < -0.39 is 0 Å². The Morgan fingerprint density at radius 1 is 1.47 bits per heavy atom. The van der Waals surface area contributed by atoms with E-state index in [2.05, 4.69) is 35.1 Å². The van der Waals surface area contributed by atoms with E-state index in [-0.39, 0.29) is 11.9 Å². The number of hydrogen-bond donors (Lipinski definition) is 2. The van der Waals surface area contributed by atoms with Crippen LogP contribution in [0.25, 0.3) is 0 Å². The van der Waals surface area contributed by atoms with Gasteiger partial charge in [-0.2, -0.15) is 0 Å². The molecule has 0 saturated carbocycles. The molecule has 0 aliphatic carbocycles. The molecule has 3 N–H and O–H groups in total. The van der Waals surface area contributed by atoms with Gasteiger partial charge in [0.05, 0.1) is 0 Å². The second-order valence-electron chi connectivity index (χ2n) is 4.38. The lowest BCUT2D eigenvalue weighted by Crippen LogP contribution is -2.36. The molecule has 0 heterocycles.